The fourth-order valence-corrected chi connectivity index (χ4v) is 1.82. The van der Waals surface area contributed by atoms with Gasteiger partial charge in [0.1, 0.15) is 5.03 Å². The summed E-state index contributed by atoms with van der Waals surface area (Å²) in [5, 5.41) is 1.68. The molecule has 0 unspecified atom stereocenters. The summed E-state index contributed by atoms with van der Waals surface area (Å²) in [6, 6.07) is 3.65. The molecule has 2 rings (SSSR count). The predicted octanol–water partition coefficient (Wildman–Crippen LogP) is 1.55. The van der Waals surface area contributed by atoms with Gasteiger partial charge in [-0.2, -0.15) is 0 Å². The number of nitrogens with two attached hydrogens (primary N) is 1. The first-order chi connectivity index (χ1) is 6.77. The van der Waals surface area contributed by atoms with Crippen LogP contribution in [-0.4, -0.2) is 14.5 Å². The maximum atomic E-state index is 5.77. The molecule has 0 radical (unpaired) electrons. The van der Waals surface area contributed by atoms with Crippen molar-refractivity contribution in [1.82, 2.24) is 14.5 Å². The molecule has 0 aliphatic heterocycles. The molecular formula is C9H10N4S. The summed E-state index contributed by atoms with van der Waals surface area (Å²) < 4.78 is 1.93. The van der Waals surface area contributed by atoms with Crippen LogP contribution in [-0.2, 0) is 7.05 Å². The van der Waals surface area contributed by atoms with Crippen LogP contribution in [0.4, 0.5) is 5.69 Å². The van der Waals surface area contributed by atoms with E-state index in [-0.39, 0.29) is 0 Å². The molecule has 0 saturated heterocycles. The van der Waals surface area contributed by atoms with E-state index in [0.717, 1.165) is 10.2 Å². The Labute approximate surface area is 86.2 Å². The molecule has 0 aromatic carbocycles. The van der Waals surface area contributed by atoms with Crippen molar-refractivity contribution in [1.29, 1.82) is 0 Å². The van der Waals surface area contributed by atoms with Gasteiger partial charge in [-0.1, -0.05) is 0 Å². The lowest BCUT2D eigenvalue weighted by Gasteiger charge is -2.02. The number of aromatic nitrogens is 3. The fraction of sp³-hybridized carbons (Fsp3) is 0.111. The molecule has 0 aliphatic rings. The standard InChI is InChI=1S/C9H10N4S/c1-13-6-5-12-9(13)14-8-7(10)3-2-4-11-8/h2-6H,10H2,1H3. The van der Waals surface area contributed by atoms with Crippen LogP contribution in [0.25, 0.3) is 0 Å². The number of aryl methyl sites for hydroxylation is 1. The second kappa shape index (κ2) is 3.71. The number of nitrogen functional groups attached to an aromatic ring is 1. The molecule has 4 nitrogen and oxygen atoms in total. The molecule has 72 valence electrons. The van der Waals surface area contributed by atoms with Gasteiger partial charge in [0.15, 0.2) is 5.16 Å². The third-order valence-electron chi connectivity index (χ3n) is 1.77. The summed E-state index contributed by atoms with van der Waals surface area (Å²) in [7, 11) is 1.94. The van der Waals surface area contributed by atoms with Crippen molar-refractivity contribution < 1.29 is 0 Å². The highest BCUT2D eigenvalue weighted by molar-refractivity contribution is 7.99. The fourth-order valence-electron chi connectivity index (χ4n) is 1.03. The number of hydrogen-bond acceptors (Lipinski definition) is 4. The minimum Gasteiger partial charge on any atom is -0.397 e. The van der Waals surface area contributed by atoms with Gasteiger partial charge in [0.25, 0.3) is 0 Å². The Morgan fingerprint density at radius 3 is 2.86 bits per heavy atom. The van der Waals surface area contributed by atoms with Gasteiger partial charge >= 0.3 is 0 Å². The Hall–Kier alpha value is -1.49. The average molecular weight is 206 g/mol. The van der Waals surface area contributed by atoms with Gasteiger partial charge in [-0.15, -0.1) is 0 Å². The molecule has 0 atom stereocenters. The average Bonchev–Trinajstić information content (AvgIpc) is 2.56. The Morgan fingerprint density at radius 1 is 1.36 bits per heavy atom. The molecule has 2 N–H and O–H groups in total. The van der Waals surface area contributed by atoms with Crippen LogP contribution in [0.2, 0.25) is 0 Å². The molecule has 0 saturated carbocycles. The molecule has 0 spiro atoms. The van der Waals surface area contributed by atoms with Gasteiger partial charge in [0, 0.05) is 25.6 Å². The number of imidazole rings is 1. The van der Waals surface area contributed by atoms with E-state index >= 15 is 0 Å². The summed E-state index contributed by atoms with van der Waals surface area (Å²) in [4.78, 5) is 8.36. The molecule has 14 heavy (non-hydrogen) atoms. The van der Waals surface area contributed by atoms with E-state index in [9.17, 15) is 0 Å². The summed E-state index contributed by atoms with van der Waals surface area (Å²) in [6.45, 7) is 0. The Bertz CT molecular complexity index is 438. The minimum absolute atomic E-state index is 0.681. The molecule has 0 aliphatic carbocycles. The summed E-state index contributed by atoms with van der Waals surface area (Å²) >= 11 is 1.46. The van der Waals surface area contributed by atoms with Crippen LogP contribution in [0.3, 0.4) is 0 Å². The first-order valence-electron chi connectivity index (χ1n) is 4.13. The van der Waals surface area contributed by atoms with E-state index < -0.39 is 0 Å². The summed E-state index contributed by atoms with van der Waals surface area (Å²) in [5.74, 6) is 0. The van der Waals surface area contributed by atoms with Gasteiger partial charge in [-0.25, -0.2) is 9.97 Å². The topological polar surface area (TPSA) is 56.7 Å². The lowest BCUT2D eigenvalue weighted by molar-refractivity contribution is 0.789. The van der Waals surface area contributed by atoms with Crippen LogP contribution in [0.1, 0.15) is 0 Å². The number of pyridine rings is 1. The number of anilines is 1. The highest BCUT2D eigenvalue weighted by atomic mass is 32.2. The molecule has 2 aromatic heterocycles. The second-order valence-corrected chi connectivity index (χ2v) is 3.78. The summed E-state index contributed by atoms with van der Waals surface area (Å²) in [5.41, 5.74) is 6.45. The van der Waals surface area contributed by atoms with Gasteiger partial charge in [0.05, 0.1) is 5.69 Å². The van der Waals surface area contributed by atoms with Gasteiger partial charge < -0.3 is 10.3 Å². The number of rotatable bonds is 2. The minimum atomic E-state index is 0.681. The smallest absolute Gasteiger partial charge is 0.174 e. The highest BCUT2D eigenvalue weighted by Crippen LogP contribution is 2.27. The van der Waals surface area contributed by atoms with E-state index in [0.29, 0.717) is 5.69 Å². The van der Waals surface area contributed by atoms with Crippen molar-refractivity contribution in [2.24, 2.45) is 7.05 Å². The number of nitrogens with zero attached hydrogens (tertiary/aromatic N) is 3. The molecule has 0 fully saturated rings. The highest BCUT2D eigenvalue weighted by Gasteiger charge is 2.05. The Kier molecular flexibility index (Phi) is 2.41. The van der Waals surface area contributed by atoms with E-state index in [4.69, 9.17) is 5.73 Å². The van der Waals surface area contributed by atoms with E-state index in [2.05, 4.69) is 9.97 Å². The lowest BCUT2D eigenvalue weighted by atomic mass is 10.4. The third-order valence-corrected chi connectivity index (χ3v) is 2.88. The van der Waals surface area contributed by atoms with Crippen molar-refractivity contribution in [3.05, 3.63) is 30.7 Å². The third kappa shape index (κ3) is 1.72. The van der Waals surface area contributed by atoms with E-state index in [1.54, 1.807) is 12.4 Å². The van der Waals surface area contributed by atoms with Gasteiger partial charge in [-0.05, 0) is 23.9 Å². The largest absolute Gasteiger partial charge is 0.397 e. The molecule has 2 heterocycles. The number of hydrogen-bond donors (Lipinski definition) is 1. The normalized spacial score (nSPS) is 10.4. The second-order valence-electron chi connectivity index (χ2n) is 2.82. The zero-order valence-corrected chi connectivity index (χ0v) is 8.53. The van der Waals surface area contributed by atoms with Gasteiger partial charge in [0.2, 0.25) is 0 Å². The van der Waals surface area contributed by atoms with Crippen LogP contribution in [0.5, 0.6) is 0 Å². The predicted molar refractivity (Wildman–Crippen MR) is 56.0 cm³/mol. The van der Waals surface area contributed by atoms with Crippen LogP contribution >= 0.6 is 11.8 Å². The molecular weight excluding hydrogens is 196 g/mol. The summed E-state index contributed by atoms with van der Waals surface area (Å²) in [6.07, 6.45) is 5.37. The maximum absolute atomic E-state index is 5.77. The Balaban J connectivity index is 2.28. The lowest BCUT2D eigenvalue weighted by Crippen LogP contribution is -1.93. The van der Waals surface area contributed by atoms with Crippen LogP contribution in [0, 0.1) is 0 Å². The quantitative estimate of drug-likeness (QED) is 0.810. The molecule has 0 bridgehead atoms. The van der Waals surface area contributed by atoms with Crippen molar-refractivity contribution in [3.63, 3.8) is 0 Å². The zero-order chi connectivity index (χ0) is 9.97. The Morgan fingerprint density at radius 2 is 2.21 bits per heavy atom. The van der Waals surface area contributed by atoms with Crippen LogP contribution < -0.4 is 5.73 Å². The maximum Gasteiger partial charge on any atom is 0.174 e. The molecule has 5 heteroatoms. The van der Waals surface area contributed by atoms with Crippen molar-refractivity contribution in [2.45, 2.75) is 10.2 Å². The van der Waals surface area contributed by atoms with Gasteiger partial charge in [-0.3, -0.25) is 0 Å². The SMILES string of the molecule is Cn1ccnc1Sc1ncccc1N. The zero-order valence-electron chi connectivity index (χ0n) is 7.71. The first kappa shape index (κ1) is 9.08. The monoisotopic (exact) mass is 206 g/mol. The first-order valence-corrected chi connectivity index (χ1v) is 4.94. The van der Waals surface area contributed by atoms with Crippen molar-refractivity contribution >= 4 is 17.4 Å². The van der Waals surface area contributed by atoms with Crippen molar-refractivity contribution in [2.75, 3.05) is 5.73 Å². The van der Waals surface area contributed by atoms with E-state index in [1.807, 2.05) is 29.9 Å². The molecule has 2 aromatic rings. The van der Waals surface area contributed by atoms with E-state index in [1.165, 1.54) is 11.8 Å². The van der Waals surface area contributed by atoms with Crippen LogP contribution in [0.15, 0.2) is 40.9 Å². The van der Waals surface area contributed by atoms with Crippen molar-refractivity contribution in [3.8, 4) is 0 Å². The molecule has 0 amide bonds.